The van der Waals surface area contributed by atoms with Crippen LogP contribution in [0.1, 0.15) is 37.8 Å². The first-order chi connectivity index (χ1) is 8.76. The first kappa shape index (κ1) is 13.4. The quantitative estimate of drug-likeness (QED) is 0.861. The molecule has 0 radical (unpaired) electrons. The molecule has 1 aliphatic heterocycles. The Hall–Kier alpha value is -1.06. The fraction of sp³-hybridized carbons (Fsp3) is 0.600. The molecule has 100 valence electrons. The minimum atomic E-state index is 0.338. The molecular formula is C15H24N2O. The average molecular weight is 248 g/mol. The largest absolute Gasteiger partial charge is 0.508 e. The number of phenolic OH excluding ortho intramolecular Hbond substituents is 1. The zero-order chi connectivity index (χ0) is 13.0. The van der Waals surface area contributed by atoms with Crippen molar-refractivity contribution in [1.82, 2.24) is 4.90 Å². The maximum Gasteiger partial charge on any atom is 0.120 e. The second kappa shape index (κ2) is 6.21. The lowest BCUT2D eigenvalue weighted by molar-refractivity contribution is 0.129. The molecule has 1 unspecified atom stereocenters. The second-order valence-corrected chi connectivity index (χ2v) is 5.20. The maximum absolute atomic E-state index is 9.99. The van der Waals surface area contributed by atoms with E-state index in [9.17, 15) is 5.11 Å². The van der Waals surface area contributed by atoms with Crippen molar-refractivity contribution in [3.05, 3.63) is 29.8 Å². The lowest BCUT2D eigenvalue weighted by Gasteiger charge is -2.37. The number of piperidine rings is 1. The second-order valence-electron chi connectivity index (χ2n) is 5.20. The van der Waals surface area contributed by atoms with Crippen LogP contribution in [0, 0.1) is 5.92 Å². The van der Waals surface area contributed by atoms with Gasteiger partial charge >= 0.3 is 0 Å². The zero-order valence-electron chi connectivity index (χ0n) is 11.2. The molecule has 0 aromatic heterocycles. The van der Waals surface area contributed by atoms with Crippen LogP contribution in [0.5, 0.6) is 5.75 Å². The number of rotatable bonds is 4. The molecule has 18 heavy (non-hydrogen) atoms. The third-order valence-corrected chi connectivity index (χ3v) is 4.11. The molecule has 0 saturated carbocycles. The van der Waals surface area contributed by atoms with Gasteiger partial charge in [0.15, 0.2) is 0 Å². The molecule has 0 aliphatic carbocycles. The van der Waals surface area contributed by atoms with Gasteiger partial charge in [0, 0.05) is 11.6 Å². The van der Waals surface area contributed by atoms with Crippen LogP contribution >= 0.6 is 0 Å². The summed E-state index contributed by atoms with van der Waals surface area (Å²) in [7, 11) is 0. The van der Waals surface area contributed by atoms with Gasteiger partial charge in [0.2, 0.25) is 0 Å². The normalized spacial score (nSPS) is 19.9. The minimum absolute atomic E-state index is 0.338. The van der Waals surface area contributed by atoms with Crippen LogP contribution < -0.4 is 5.73 Å². The predicted molar refractivity (Wildman–Crippen MR) is 74.5 cm³/mol. The van der Waals surface area contributed by atoms with E-state index in [2.05, 4.69) is 11.8 Å². The van der Waals surface area contributed by atoms with E-state index in [0.717, 1.165) is 31.6 Å². The van der Waals surface area contributed by atoms with E-state index in [1.807, 2.05) is 18.2 Å². The van der Waals surface area contributed by atoms with Gasteiger partial charge < -0.3 is 10.8 Å². The molecule has 1 aromatic rings. The van der Waals surface area contributed by atoms with Crippen molar-refractivity contribution < 1.29 is 5.11 Å². The Bertz CT molecular complexity index is 373. The predicted octanol–water partition coefficient (Wildman–Crippen LogP) is 2.51. The first-order valence-electron chi connectivity index (χ1n) is 6.98. The Morgan fingerprint density at radius 2 is 2.00 bits per heavy atom. The minimum Gasteiger partial charge on any atom is -0.508 e. The van der Waals surface area contributed by atoms with Gasteiger partial charge in [0.1, 0.15) is 5.75 Å². The van der Waals surface area contributed by atoms with Gasteiger partial charge in [0.25, 0.3) is 0 Å². The lowest BCUT2D eigenvalue weighted by Crippen LogP contribution is -2.38. The van der Waals surface area contributed by atoms with Gasteiger partial charge in [-0.3, -0.25) is 4.90 Å². The van der Waals surface area contributed by atoms with Gasteiger partial charge in [-0.2, -0.15) is 0 Å². The molecule has 3 heteroatoms. The van der Waals surface area contributed by atoms with E-state index >= 15 is 0 Å². The third-order valence-electron chi connectivity index (χ3n) is 4.11. The summed E-state index contributed by atoms with van der Waals surface area (Å²) in [5, 5.41) is 9.99. The van der Waals surface area contributed by atoms with Crippen LogP contribution in [-0.4, -0.2) is 29.6 Å². The number of hydrogen-bond donors (Lipinski definition) is 2. The molecule has 1 atom stereocenters. The number of nitrogens with two attached hydrogens (primary N) is 1. The molecule has 0 spiro atoms. The molecule has 0 bridgehead atoms. The van der Waals surface area contributed by atoms with E-state index in [4.69, 9.17) is 5.73 Å². The first-order valence-corrected chi connectivity index (χ1v) is 6.98. The van der Waals surface area contributed by atoms with E-state index in [-0.39, 0.29) is 0 Å². The third kappa shape index (κ3) is 2.85. The SMILES string of the molecule is CCC(c1ccccc1O)N1CCC(CN)CC1. The Morgan fingerprint density at radius 3 is 2.56 bits per heavy atom. The fourth-order valence-electron chi connectivity index (χ4n) is 2.94. The summed E-state index contributed by atoms with van der Waals surface area (Å²) in [6.07, 6.45) is 3.39. The van der Waals surface area contributed by atoms with Gasteiger partial charge in [-0.05, 0) is 50.9 Å². The molecular weight excluding hydrogens is 224 g/mol. The molecule has 0 amide bonds. The summed E-state index contributed by atoms with van der Waals surface area (Å²) in [6.45, 7) is 5.18. The highest BCUT2D eigenvalue weighted by molar-refractivity contribution is 5.34. The zero-order valence-corrected chi connectivity index (χ0v) is 11.2. The highest BCUT2D eigenvalue weighted by atomic mass is 16.3. The number of aromatic hydroxyl groups is 1. The van der Waals surface area contributed by atoms with Crippen molar-refractivity contribution in [2.75, 3.05) is 19.6 Å². The van der Waals surface area contributed by atoms with E-state index in [1.165, 1.54) is 12.8 Å². The Balaban J connectivity index is 2.08. The summed E-state index contributed by atoms with van der Waals surface area (Å²) in [4.78, 5) is 2.49. The maximum atomic E-state index is 9.99. The van der Waals surface area contributed by atoms with Crippen molar-refractivity contribution in [3.63, 3.8) is 0 Å². The lowest BCUT2D eigenvalue weighted by atomic mass is 9.93. The van der Waals surface area contributed by atoms with Gasteiger partial charge in [-0.15, -0.1) is 0 Å². The summed E-state index contributed by atoms with van der Waals surface area (Å²) in [6, 6.07) is 8.05. The molecule has 1 heterocycles. The van der Waals surface area contributed by atoms with Crippen molar-refractivity contribution in [2.45, 2.75) is 32.2 Å². The number of hydrogen-bond acceptors (Lipinski definition) is 3. The summed E-state index contributed by atoms with van der Waals surface area (Å²) in [5.74, 6) is 1.11. The van der Waals surface area contributed by atoms with Crippen LogP contribution in [0.4, 0.5) is 0 Å². The van der Waals surface area contributed by atoms with Crippen molar-refractivity contribution in [3.8, 4) is 5.75 Å². The molecule has 3 nitrogen and oxygen atoms in total. The highest BCUT2D eigenvalue weighted by Crippen LogP contribution is 2.33. The van der Waals surface area contributed by atoms with E-state index in [1.54, 1.807) is 6.07 Å². The Kier molecular flexibility index (Phi) is 4.61. The monoisotopic (exact) mass is 248 g/mol. The van der Waals surface area contributed by atoms with Crippen molar-refractivity contribution >= 4 is 0 Å². The van der Waals surface area contributed by atoms with Gasteiger partial charge in [0.05, 0.1) is 0 Å². The van der Waals surface area contributed by atoms with Gasteiger partial charge in [-0.1, -0.05) is 25.1 Å². The molecule has 1 saturated heterocycles. The van der Waals surface area contributed by atoms with Crippen LogP contribution in [0.25, 0.3) is 0 Å². The topological polar surface area (TPSA) is 49.5 Å². The van der Waals surface area contributed by atoms with E-state index in [0.29, 0.717) is 17.7 Å². The van der Waals surface area contributed by atoms with Crippen molar-refractivity contribution in [2.24, 2.45) is 11.7 Å². The number of likely N-dealkylation sites (tertiary alicyclic amines) is 1. The Morgan fingerprint density at radius 1 is 1.33 bits per heavy atom. The summed E-state index contributed by atoms with van der Waals surface area (Å²) < 4.78 is 0. The molecule has 1 fully saturated rings. The van der Waals surface area contributed by atoms with Gasteiger partial charge in [-0.25, -0.2) is 0 Å². The standard InChI is InChI=1S/C15H24N2O/c1-2-14(13-5-3-4-6-15(13)18)17-9-7-12(11-16)8-10-17/h3-6,12,14,18H,2,7-11,16H2,1H3. The summed E-state index contributed by atoms with van der Waals surface area (Å²) in [5.41, 5.74) is 6.80. The number of para-hydroxylation sites is 1. The highest BCUT2D eigenvalue weighted by Gasteiger charge is 2.25. The molecule has 1 aliphatic rings. The molecule has 1 aromatic carbocycles. The number of phenols is 1. The van der Waals surface area contributed by atoms with Crippen LogP contribution in [0.2, 0.25) is 0 Å². The average Bonchev–Trinajstić information content (AvgIpc) is 2.42. The van der Waals surface area contributed by atoms with Crippen molar-refractivity contribution in [1.29, 1.82) is 0 Å². The Labute approximate surface area is 110 Å². The number of nitrogens with zero attached hydrogens (tertiary/aromatic N) is 1. The van der Waals surface area contributed by atoms with Crippen LogP contribution in [0.15, 0.2) is 24.3 Å². The molecule has 2 rings (SSSR count). The van der Waals surface area contributed by atoms with Crippen LogP contribution in [0.3, 0.4) is 0 Å². The fourth-order valence-corrected chi connectivity index (χ4v) is 2.94. The number of benzene rings is 1. The van der Waals surface area contributed by atoms with E-state index < -0.39 is 0 Å². The summed E-state index contributed by atoms with van der Waals surface area (Å²) >= 11 is 0. The van der Waals surface area contributed by atoms with Crippen LogP contribution in [-0.2, 0) is 0 Å². The molecule has 3 N–H and O–H groups in total. The smallest absolute Gasteiger partial charge is 0.120 e.